The van der Waals surface area contributed by atoms with Crippen LogP contribution in [-0.2, 0) is 0 Å². The fraction of sp³-hybridized carbons (Fsp3) is 0. The molecule has 0 atom stereocenters. The molecule has 12 aromatic rings. The van der Waals surface area contributed by atoms with Gasteiger partial charge in [0.2, 0.25) is 0 Å². The Morgan fingerprint density at radius 2 is 0.877 bits per heavy atom. The minimum absolute atomic E-state index is 0.532. The number of rotatable bonds is 5. The van der Waals surface area contributed by atoms with Crippen LogP contribution in [0.2, 0.25) is 0 Å². The summed E-state index contributed by atoms with van der Waals surface area (Å²) in [4.78, 5) is 15.6. The van der Waals surface area contributed by atoms with Crippen molar-refractivity contribution in [3.63, 3.8) is 0 Å². The summed E-state index contributed by atoms with van der Waals surface area (Å²) < 4.78 is 15.7. The lowest BCUT2D eigenvalue weighted by Crippen LogP contribution is -2.00. The predicted molar refractivity (Wildman–Crippen MR) is 230 cm³/mol. The van der Waals surface area contributed by atoms with E-state index in [1.165, 1.54) is 10.8 Å². The maximum Gasteiger partial charge on any atom is 0.167 e. The minimum atomic E-state index is 0.532. The molecule has 12 rings (SSSR count). The Morgan fingerprint density at radius 1 is 0.351 bits per heavy atom. The van der Waals surface area contributed by atoms with Crippen LogP contribution in [0.25, 0.3) is 117 Å². The lowest BCUT2D eigenvalue weighted by Gasteiger charge is -2.12. The Bertz CT molecular complexity index is 3470. The summed E-state index contributed by atoms with van der Waals surface area (Å²) in [6.45, 7) is 0. The zero-order valence-corrected chi connectivity index (χ0v) is 30.4. The highest BCUT2D eigenvalue weighted by Crippen LogP contribution is 2.44. The summed E-state index contributed by atoms with van der Waals surface area (Å²) in [6.07, 6.45) is 0. The van der Waals surface area contributed by atoms with Crippen LogP contribution in [0, 0.1) is 0 Å². The maximum absolute atomic E-state index is 6.87. The first-order valence-corrected chi connectivity index (χ1v) is 19.0. The van der Waals surface area contributed by atoms with Gasteiger partial charge in [0.1, 0.15) is 22.3 Å². The summed E-state index contributed by atoms with van der Waals surface area (Å²) in [6, 6.07) is 62.6. The number of furan rings is 2. The van der Waals surface area contributed by atoms with E-state index in [1.807, 2.05) is 78.9 Å². The fourth-order valence-corrected chi connectivity index (χ4v) is 8.52. The van der Waals surface area contributed by atoms with Crippen molar-refractivity contribution in [3.05, 3.63) is 182 Å². The Morgan fingerprint density at radius 3 is 1.63 bits per heavy atom. The van der Waals surface area contributed by atoms with Crippen molar-refractivity contribution < 1.29 is 8.83 Å². The van der Waals surface area contributed by atoms with E-state index in [0.29, 0.717) is 17.5 Å². The van der Waals surface area contributed by atoms with Crippen molar-refractivity contribution >= 4 is 65.7 Å². The first kappa shape index (κ1) is 31.5. The standard InChI is InChI=1S/C51H30N4O2/c1-3-15-31(16-4-1)40-29-33(55-42-25-10-7-19-34(42)35-20-8-11-26-43(35)55)30-41-46-38(23-14-28-45(46)57-48(40)41)50-52-49(32-17-5-2-6-18-32)53-51(54-50)39-24-13-22-37-36-21-9-12-27-44(36)56-47(37)39/h1-30H. The molecular formula is C51H30N4O2. The van der Waals surface area contributed by atoms with Gasteiger partial charge in [-0.2, -0.15) is 0 Å². The van der Waals surface area contributed by atoms with Crippen LogP contribution in [0.3, 0.4) is 0 Å². The smallest absolute Gasteiger partial charge is 0.167 e. The second kappa shape index (κ2) is 12.3. The molecule has 0 saturated carbocycles. The van der Waals surface area contributed by atoms with Gasteiger partial charge < -0.3 is 13.4 Å². The molecule has 0 saturated heterocycles. The van der Waals surface area contributed by atoms with Gasteiger partial charge >= 0.3 is 0 Å². The van der Waals surface area contributed by atoms with Crippen molar-refractivity contribution in [3.8, 4) is 51.0 Å². The molecule has 0 aliphatic rings. The van der Waals surface area contributed by atoms with Gasteiger partial charge in [0.05, 0.1) is 16.6 Å². The van der Waals surface area contributed by atoms with E-state index in [2.05, 4.69) is 108 Å². The van der Waals surface area contributed by atoms with Crippen molar-refractivity contribution in [2.75, 3.05) is 0 Å². The number of hydrogen-bond acceptors (Lipinski definition) is 5. The highest BCUT2D eigenvalue weighted by Gasteiger charge is 2.23. The highest BCUT2D eigenvalue weighted by molar-refractivity contribution is 6.17. The van der Waals surface area contributed by atoms with Gasteiger partial charge in [0.15, 0.2) is 17.5 Å². The summed E-state index contributed by atoms with van der Waals surface area (Å²) in [5.41, 5.74) is 11.0. The van der Waals surface area contributed by atoms with Gasteiger partial charge in [0.25, 0.3) is 0 Å². The number of para-hydroxylation sites is 4. The van der Waals surface area contributed by atoms with Crippen LogP contribution in [0.4, 0.5) is 0 Å². The first-order valence-electron chi connectivity index (χ1n) is 19.0. The number of fused-ring (bicyclic) bond motifs is 9. The molecule has 0 fully saturated rings. The number of hydrogen-bond donors (Lipinski definition) is 0. The van der Waals surface area contributed by atoms with Crippen molar-refractivity contribution in [2.45, 2.75) is 0 Å². The second-order valence-corrected chi connectivity index (χ2v) is 14.3. The van der Waals surface area contributed by atoms with Crippen molar-refractivity contribution in [1.29, 1.82) is 0 Å². The van der Waals surface area contributed by atoms with E-state index >= 15 is 0 Å². The van der Waals surface area contributed by atoms with Crippen LogP contribution >= 0.6 is 0 Å². The number of nitrogens with zero attached hydrogens (tertiary/aromatic N) is 4. The lowest BCUT2D eigenvalue weighted by molar-refractivity contribution is 0.669. The predicted octanol–water partition coefficient (Wildman–Crippen LogP) is 13.4. The SMILES string of the molecule is c1ccc(-c2nc(-c3cccc4c3oc3ccccc34)nc(-c3cccc4oc5c(-c6ccccc6)cc(-n6c7ccccc7c7ccccc76)cc5c34)n2)cc1. The summed E-state index contributed by atoms with van der Waals surface area (Å²) in [5.74, 6) is 1.65. The number of aromatic nitrogens is 4. The molecule has 57 heavy (non-hydrogen) atoms. The van der Waals surface area contributed by atoms with E-state index in [1.54, 1.807) is 0 Å². The normalized spacial score (nSPS) is 11.9. The topological polar surface area (TPSA) is 69.9 Å². The third-order valence-electron chi connectivity index (χ3n) is 11.1. The highest BCUT2D eigenvalue weighted by atomic mass is 16.3. The Labute approximate surface area is 325 Å². The van der Waals surface area contributed by atoms with E-state index in [9.17, 15) is 0 Å². The van der Waals surface area contributed by atoms with Crippen molar-refractivity contribution in [2.24, 2.45) is 0 Å². The van der Waals surface area contributed by atoms with Gasteiger partial charge in [0, 0.05) is 54.7 Å². The summed E-state index contributed by atoms with van der Waals surface area (Å²) >= 11 is 0. The monoisotopic (exact) mass is 730 g/mol. The molecule has 0 unspecified atom stereocenters. The summed E-state index contributed by atoms with van der Waals surface area (Å²) in [7, 11) is 0. The van der Waals surface area contributed by atoms with Gasteiger partial charge in [-0.15, -0.1) is 0 Å². The molecule has 0 spiro atoms. The van der Waals surface area contributed by atoms with E-state index in [0.717, 1.165) is 88.4 Å². The van der Waals surface area contributed by atoms with E-state index in [4.69, 9.17) is 23.8 Å². The Balaban J connectivity index is 1.16. The van der Waals surface area contributed by atoms with E-state index in [-0.39, 0.29) is 0 Å². The molecule has 0 aliphatic carbocycles. The van der Waals surface area contributed by atoms with E-state index < -0.39 is 0 Å². The molecule has 0 bridgehead atoms. The molecule has 6 nitrogen and oxygen atoms in total. The quantitative estimate of drug-likeness (QED) is 0.176. The zero-order valence-electron chi connectivity index (χ0n) is 30.4. The largest absolute Gasteiger partial charge is 0.455 e. The third kappa shape index (κ3) is 4.87. The van der Waals surface area contributed by atoms with Gasteiger partial charge in [-0.25, -0.2) is 15.0 Å². The van der Waals surface area contributed by atoms with Gasteiger partial charge in [-0.05, 0) is 48.0 Å². The first-order chi connectivity index (χ1) is 28.3. The molecule has 0 radical (unpaired) electrons. The lowest BCUT2D eigenvalue weighted by atomic mass is 9.99. The van der Waals surface area contributed by atoms with Crippen LogP contribution < -0.4 is 0 Å². The minimum Gasteiger partial charge on any atom is -0.455 e. The molecule has 8 aromatic carbocycles. The van der Waals surface area contributed by atoms with Crippen molar-refractivity contribution in [1.82, 2.24) is 19.5 Å². The molecule has 266 valence electrons. The van der Waals surface area contributed by atoms with Crippen LogP contribution in [0.5, 0.6) is 0 Å². The zero-order chi connectivity index (χ0) is 37.5. The van der Waals surface area contributed by atoms with Gasteiger partial charge in [-0.1, -0.05) is 140 Å². The Hall–Kier alpha value is -7.83. The summed E-state index contributed by atoms with van der Waals surface area (Å²) in [5, 5.41) is 6.39. The third-order valence-corrected chi connectivity index (χ3v) is 11.1. The van der Waals surface area contributed by atoms with Crippen LogP contribution in [-0.4, -0.2) is 19.5 Å². The van der Waals surface area contributed by atoms with Crippen LogP contribution in [0.1, 0.15) is 0 Å². The average molecular weight is 731 g/mol. The molecule has 0 N–H and O–H groups in total. The molecule has 4 heterocycles. The molecule has 6 heteroatoms. The second-order valence-electron chi connectivity index (χ2n) is 14.3. The average Bonchev–Trinajstić information content (AvgIpc) is 3.96. The number of benzene rings is 8. The van der Waals surface area contributed by atoms with Crippen LogP contribution in [0.15, 0.2) is 191 Å². The molecule has 4 aromatic heterocycles. The fourth-order valence-electron chi connectivity index (χ4n) is 8.52. The molecule has 0 amide bonds. The van der Waals surface area contributed by atoms with Gasteiger partial charge in [-0.3, -0.25) is 0 Å². The molecule has 0 aliphatic heterocycles. The Kier molecular flexibility index (Phi) is 6.83. The molecular weight excluding hydrogens is 701 g/mol. The maximum atomic E-state index is 6.87.